The predicted molar refractivity (Wildman–Crippen MR) is 148 cm³/mol. The molecule has 184 valence electrons. The molecule has 0 atom stereocenters. The van der Waals surface area contributed by atoms with Crippen LogP contribution in [-0.2, 0) is 4.74 Å². The van der Waals surface area contributed by atoms with Crippen molar-refractivity contribution in [2.75, 3.05) is 25.6 Å². The molecule has 4 rings (SSSR count). The Bertz CT molecular complexity index is 1260. The summed E-state index contributed by atoms with van der Waals surface area (Å²) in [5.74, 6) is 0.836. The van der Waals surface area contributed by atoms with E-state index in [2.05, 4.69) is 65.5 Å². The molecular weight excluding hydrogens is 446 g/mol. The number of aromatic nitrogens is 2. The first kappa shape index (κ1) is 25.1. The normalized spacial score (nSPS) is 13.4. The van der Waals surface area contributed by atoms with Gasteiger partial charge in [0.15, 0.2) is 0 Å². The molecule has 5 heteroatoms. The fourth-order valence-electron chi connectivity index (χ4n) is 3.84. The average Bonchev–Trinajstić information content (AvgIpc) is 3.19. The van der Waals surface area contributed by atoms with E-state index in [9.17, 15) is 0 Å². The molecule has 5 nitrogen and oxygen atoms in total. The summed E-state index contributed by atoms with van der Waals surface area (Å²) in [6.07, 6.45) is 19.5. The van der Waals surface area contributed by atoms with Crippen molar-refractivity contribution in [3.8, 4) is 17.1 Å². The molecule has 1 aliphatic carbocycles. The smallest absolute Gasteiger partial charge is 0.119 e. The van der Waals surface area contributed by atoms with Gasteiger partial charge < -0.3 is 15.2 Å². The standard InChI is InChI=1S/C31H33N3O2/c1-2-3-18-35-19-20-36-28-12-10-26(11-13-28)29(25-8-6-4-5-7-9-25)21-24-14-16-33-30(22-24)31-23-27(32)15-17-34-31/h4-6,8-17,21-23H,2-3,7,18-20H2,1H3,(H2,32,34)/b29-21+. The highest BCUT2D eigenvalue weighted by molar-refractivity contribution is 5.93. The topological polar surface area (TPSA) is 70.3 Å². The van der Waals surface area contributed by atoms with Gasteiger partial charge in [0.25, 0.3) is 0 Å². The quantitative estimate of drug-likeness (QED) is 0.303. The second-order valence-electron chi connectivity index (χ2n) is 8.53. The lowest BCUT2D eigenvalue weighted by atomic mass is 9.94. The third-order valence-electron chi connectivity index (χ3n) is 5.75. The molecular formula is C31H33N3O2. The van der Waals surface area contributed by atoms with E-state index in [1.807, 2.05) is 36.5 Å². The molecule has 0 spiro atoms. The van der Waals surface area contributed by atoms with Crippen LogP contribution in [0, 0.1) is 0 Å². The van der Waals surface area contributed by atoms with Gasteiger partial charge in [-0.05, 0) is 77.6 Å². The van der Waals surface area contributed by atoms with Gasteiger partial charge in [0.2, 0.25) is 0 Å². The van der Waals surface area contributed by atoms with Crippen molar-refractivity contribution >= 4 is 17.3 Å². The number of ether oxygens (including phenoxy) is 2. The predicted octanol–water partition coefficient (Wildman–Crippen LogP) is 6.90. The van der Waals surface area contributed by atoms with E-state index >= 15 is 0 Å². The molecule has 3 aromatic rings. The fraction of sp³-hybridized carbons (Fsp3) is 0.226. The van der Waals surface area contributed by atoms with E-state index in [1.165, 1.54) is 5.57 Å². The molecule has 0 amide bonds. The first-order valence-electron chi connectivity index (χ1n) is 12.5. The van der Waals surface area contributed by atoms with E-state index in [0.717, 1.165) is 59.7 Å². The molecule has 0 saturated heterocycles. The third kappa shape index (κ3) is 7.27. The molecule has 0 aliphatic heterocycles. The van der Waals surface area contributed by atoms with Gasteiger partial charge >= 0.3 is 0 Å². The SMILES string of the molecule is CCCCOCCOc1ccc(/C(=C/c2ccnc(-c3cc(N)ccn3)c2)C2=CCC=CC=C2)cc1. The van der Waals surface area contributed by atoms with Crippen LogP contribution in [0.1, 0.15) is 37.3 Å². The number of nitrogens with zero attached hydrogens (tertiary/aromatic N) is 2. The van der Waals surface area contributed by atoms with Gasteiger partial charge in [0.05, 0.1) is 18.0 Å². The molecule has 2 heterocycles. The fourth-order valence-corrected chi connectivity index (χ4v) is 3.84. The molecule has 0 bridgehead atoms. The van der Waals surface area contributed by atoms with E-state index in [4.69, 9.17) is 15.2 Å². The Kier molecular flexibility index (Phi) is 9.23. The summed E-state index contributed by atoms with van der Waals surface area (Å²) >= 11 is 0. The lowest BCUT2D eigenvalue weighted by Gasteiger charge is -2.12. The number of hydrogen-bond donors (Lipinski definition) is 1. The van der Waals surface area contributed by atoms with Crippen molar-refractivity contribution < 1.29 is 9.47 Å². The lowest BCUT2D eigenvalue weighted by molar-refractivity contribution is 0.0980. The number of hydrogen-bond acceptors (Lipinski definition) is 5. The molecule has 2 aromatic heterocycles. The minimum absolute atomic E-state index is 0.545. The number of allylic oxidation sites excluding steroid dienone is 7. The summed E-state index contributed by atoms with van der Waals surface area (Å²) in [6, 6.07) is 15.9. The van der Waals surface area contributed by atoms with Crippen LogP contribution in [0.5, 0.6) is 5.75 Å². The molecule has 0 saturated carbocycles. The third-order valence-corrected chi connectivity index (χ3v) is 5.75. The van der Waals surface area contributed by atoms with Crippen LogP contribution in [0.25, 0.3) is 23.0 Å². The first-order valence-corrected chi connectivity index (χ1v) is 12.5. The molecule has 36 heavy (non-hydrogen) atoms. The zero-order chi connectivity index (χ0) is 25.0. The second-order valence-corrected chi connectivity index (χ2v) is 8.53. The number of rotatable bonds is 11. The number of anilines is 1. The molecule has 1 aromatic carbocycles. The summed E-state index contributed by atoms with van der Waals surface area (Å²) in [5, 5.41) is 0. The molecule has 0 fully saturated rings. The minimum atomic E-state index is 0.545. The maximum atomic E-state index is 5.95. The van der Waals surface area contributed by atoms with Gasteiger partial charge in [-0.15, -0.1) is 0 Å². The van der Waals surface area contributed by atoms with E-state index in [0.29, 0.717) is 18.9 Å². The van der Waals surface area contributed by atoms with Crippen molar-refractivity contribution in [3.05, 3.63) is 108 Å². The zero-order valence-electron chi connectivity index (χ0n) is 20.8. The van der Waals surface area contributed by atoms with Gasteiger partial charge in [-0.2, -0.15) is 0 Å². The number of benzene rings is 1. The Labute approximate surface area is 213 Å². The average molecular weight is 480 g/mol. The number of nitrogen functional groups attached to an aromatic ring is 1. The van der Waals surface area contributed by atoms with Gasteiger partial charge in [0.1, 0.15) is 12.4 Å². The highest BCUT2D eigenvalue weighted by Crippen LogP contribution is 2.30. The molecule has 2 N–H and O–H groups in total. The Morgan fingerprint density at radius 2 is 1.75 bits per heavy atom. The summed E-state index contributed by atoms with van der Waals surface area (Å²) in [5.41, 5.74) is 12.6. The number of unbranched alkanes of at least 4 members (excludes halogenated alkanes) is 1. The summed E-state index contributed by atoms with van der Waals surface area (Å²) in [7, 11) is 0. The second kappa shape index (κ2) is 13.2. The van der Waals surface area contributed by atoms with Crippen LogP contribution in [0.2, 0.25) is 0 Å². The van der Waals surface area contributed by atoms with E-state index in [1.54, 1.807) is 12.3 Å². The van der Waals surface area contributed by atoms with Crippen LogP contribution < -0.4 is 10.5 Å². The van der Waals surface area contributed by atoms with Gasteiger partial charge in [-0.1, -0.05) is 55.9 Å². The van der Waals surface area contributed by atoms with Crippen LogP contribution in [-0.4, -0.2) is 29.8 Å². The minimum Gasteiger partial charge on any atom is -0.491 e. The largest absolute Gasteiger partial charge is 0.491 e. The molecule has 1 aliphatic rings. The summed E-state index contributed by atoms with van der Waals surface area (Å²) in [6.45, 7) is 4.09. The lowest BCUT2D eigenvalue weighted by Crippen LogP contribution is -2.07. The van der Waals surface area contributed by atoms with E-state index < -0.39 is 0 Å². The monoisotopic (exact) mass is 479 g/mol. The van der Waals surface area contributed by atoms with Crippen LogP contribution in [0.4, 0.5) is 5.69 Å². The summed E-state index contributed by atoms with van der Waals surface area (Å²) < 4.78 is 11.5. The van der Waals surface area contributed by atoms with E-state index in [-0.39, 0.29) is 0 Å². The summed E-state index contributed by atoms with van der Waals surface area (Å²) in [4.78, 5) is 8.94. The van der Waals surface area contributed by atoms with Crippen LogP contribution >= 0.6 is 0 Å². The first-order chi connectivity index (χ1) is 17.7. The highest BCUT2D eigenvalue weighted by Gasteiger charge is 2.09. The van der Waals surface area contributed by atoms with Crippen LogP contribution in [0.15, 0.2) is 96.9 Å². The highest BCUT2D eigenvalue weighted by atomic mass is 16.5. The number of nitrogens with two attached hydrogens (primary N) is 1. The van der Waals surface area contributed by atoms with Gasteiger partial charge in [-0.25, -0.2) is 0 Å². The maximum absolute atomic E-state index is 5.95. The zero-order valence-corrected chi connectivity index (χ0v) is 20.8. The van der Waals surface area contributed by atoms with Crippen molar-refractivity contribution in [1.29, 1.82) is 0 Å². The Hall–Kier alpha value is -3.96. The molecule has 0 radical (unpaired) electrons. The Balaban J connectivity index is 1.58. The van der Waals surface area contributed by atoms with Gasteiger partial charge in [-0.3, -0.25) is 9.97 Å². The van der Waals surface area contributed by atoms with Gasteiger partial charge in [0, 0.05) is 24.7 Å². The van der Waals surface area contributed by atoms with Crippen molar-refractivity contribution in [2.24, 2.45) is 0 Å². The van der Waals surface area contributed by atoms with Crippen LogP contribution in [0.3, 0.4) is 0 Å². The van der Waals surface area contributed by atoms with Crippen molar-refractivity contribution in [1.82, 2.24) is 9.97 Å². The van der Waals surface area contributed by atoms with Crippen molar-refractivity contribution in [2.45, 2.75) is 26.2 Å². The van der Waals surface area contributed by atoms with Crippen molar-refractivity contribution in [3.63, 3.8) is 0 Å². The molecule has 0 unspecified atom stereocenters. The Morgan fingerprint density at radius 1 is 0.944 bits per heavy atom. The maximum Gasteiger partial charge on any atom is 0.119 e. The number of pyridine rings is 2. The Morgan fingerprint density at radius 3 is 2.56 bits per heavy atom.